The summed E-state index contributed by atoms with van der Waals surface area (Å²) in [4.78, 5) is 12.2. The first-order valence-corrected chi connectivity index (χ1v) is 11.3. The van der Waals surface area contributed by atoms with Crippen LogP contribution in [0.15, 0.2) is 78.9 Å². The van der Waals surface area contributed by atoms with Crippen LogP contribution in [0.3, 0.4) is 0 Å². The molecule has 0 bridgehead atoms. The predicted octanol–water partition coefficient (Wildman–Crippen LogP) is 6.22. The summed E-state index contributed by atoms with van der Waals surface area (Å²) in [5.74, 6) is 0.829. The lowest BCUT2D eigenvalue weighted by Gasteiger charge is -2.13. The van der Waals surface area contributed by atoms with Crippen molar-refractivity contribution in [2.24, 2.45) is 0 Å². The second-order valence-corrected chi connectivity index (χ2v) is 7.91. The Morgan fingerprint density at radius 1 is 0.818 bits per heavy atom. The summed E-state index contributed by atoms with van der Waals surface area (Å²) < 4.78 is 16.5. The summed E-state index contributed by atoms with van der Waals surface area (Å²) in [5.41, 5.74) is 2.11. The third-order valence-corrected chi connectivity index (χ3v) is 5.62. The summed E-state index contributed by atoms with van der Waals surface area (Å²) in [6, 6.07) is 26.4. The molecule has 4 aromatic carbocycles. The highest BCUT2D eigenvalue weighted by Gasteiger charge is 2.10. The average Bonchev–Trinajstić information content (AvgIpc) is 2.86. The maximum Gasteiger partial charge on any atom is 0.407 e. The van der Waals surface area contributed by atoms with Crippen molar-refractivity contribution >= 4 is 27.6 Å². The number of fused-ring (bicyclic) bond motifs is 2. The Kier molecular flexibility index (Phi) is 7.77. The molecule has 0 saturated heterocycles. The second-order valence-electron chi connectivity index (χ2n) is 7.91. The van der Waals surface area contributed by atoms with Gasteiger partial charge in [-0.05, 0) is 58.1 Å². The highest BCUT2D eigenvalue weighted by Crippen LogP contribution is 2.29. The standard InChI is InChI=1S/C28H29NO4/c1-31-24-12-8-9-21(17-24)19-32-16-7-6-15-29-28(30)33-20-27-25-13-4-2-10-22(25)18-23-11-3-5-14-26(23)27/h2-5,8-14,17-18H,6-7,15-16,19-20H2,1H3,(H,29,30). The number of hydrogen-bond donors (Lipinski definition) is 1. The molecule has 4 aromatic rings. The van der Waals surface area contributed by atoms with Gasteiger partial charge in [-0.25, -0.2) is 4.79 Å². The van der Waals surface area contributed by atoms with Gasteiger partial charge in [0.25, 0.3) is 0 Å². The first kappa shape index (κ1) is 22.6. The SMILES string of the molecule is COc1cccc(COCCCCNC(=O)OCc2c3ccccc3cc3ccccc23)c1. The number of hydrogen-bond acceptors (Lipinski definition) is 4. The van der Waals surface area contributed by atoms with Crippen LogP contribution in [-0.4, -0.2) is 26.4 Å². The van der Waals surface area contributed by atoms with Gasteiger partial charge in [-0.2, -0.15) is 0 Å². The molecule has 0 saturated carbocycles. The molecular formula is C28H29NO4. The van der Waals surface area contributed by atoms with Crippen LogP contribution in [0.4, 0.5) is 4.79 Å². The third-order valence-electron chi connectivity index (χ3n) is 5.62. The van der Waals surface area contributed by atoms with E-state index in [2.05, 4.69) is 35.6 Å². The Balaban J connectivity index is 1.20. The molecule has 1 N–H and O–H groups in total. The van der Waals surface area contributed by atoms with E-state index in [1.54, 1.807) is 7.11 Å². The number of carbonyl (C=O) groups excluding carboxylic acids is 1. The molecule has 0 aromatic heterocycles. The highest BCUT2D eigenvalue weighted by atomic mass is 16.5. The highest BCUT2D eigenvalue weighted by molar-refractivity contribution is 6.02. The molecule has 5 nitrogen and oxygen atoms in total. The number of benzene rings is 4. The van der Waals surface area contributed by atoms with Gasteiger partial charge in [0.2, 0.25) is 0 Å². The number of methoxy groups -OCH3 is 1. The number of ether oxygens (including phenoxy) is 3. The summed E-state index contributed by atoms with van der Waals surface area (Å²) in [6.07, 6.45) is 1.28. The lowest BCUT2D eigenvalue weighted by molar-refractivity contribution is 0.116. The van der Waals surface area contributed by atoms with Crippen molar-refractivity contribution in [2.75, 3.05) is 20.3 Å². The number of amides is 1. The Morgan fingerprint density at radius 2 is 1.55 bits per heavy atom. The van der Waals surface area contributed by atoms with Crippen molar-refractivity contribution < 1.29 is 19.0 Å². The second kappa shape index (κ2) is 11.3. The number of nitrogens with one attached hydrogen (secondary N) is 1. The van der Waals surface area contributed by atoms with Crippen molar-refractivity contribution in [1.29, 1.82) is 0 Å². The molecule has 0 atom stereocenters. The predicted molar refractivity (Wildman–Crippen MR) is 132 cm³/mol. The Morgan fingerprint density at radius 3 is 2.27 bits per heavy atom. The smallest absolute Gasteiger partial charge is 0.407 e. The molecule has 0 radical (unpaired) electrons. The number of unbranched alkanes of at least 4 members (excludes halogenated alkanes) is 1. The van der Waals surface area contributed by atoms with Crippen molar-refractivity contribution in [2.45, 2.75) is 26.1 Å². The first-order valence-electron chi connectivity index (χ1n) is 11.3. The van der Waals surface area contributed by atoms with Crippen LogP contribution in [0.2, 0.25) is 0 Å². The van der Waals surface area contributed by atoms with Crippen LogP contribution in [0.5, 0.6) is 5.75 Å². The van der Waals surface area contributed by atoms with Crippen molar-refractivity contribution in [1.82, 2.24) is 5.32 Å². The lowest BCUT2D eigenvalue weighted by Crippen LogP contribution is -2.25. The lowest BCUT2D eigenvalue weighted by atomic mass is 9.97. The van der Waals surface area contributed by atoms with Gasteiger partial charge in [0.15, 0.2) is 0 Å². The zero-order chi connectivity index (χ0) is 22.9. The van der Waals surface area contributed by atoms with Crippen LogP contribution in [0, 0.1) is 0 Å². The average molecular weight is 444 g/mol. The Hall–Kier alpha value is -3.57. The topological polar surface area (TPSA) is 56.8 Å². The summed E-state index contributed by atoms with van der Waals surface area (Å²) in [7, 11) is 1.65. The molecule has 0 fully saturated rings. The van der Waals surface area contributed by atoms with Crippen LogP contribution in [0.1, 0.15) is 24.0 Å². The molecule has 0 spiro atoms. The van der Waals surface area contributed by atoms with Gasteiger partial charge in [0, 0.05) is 18.7 Å². The number of rotatable bonds is 10. The summed E-state index contributed by atoms with van der Waals surface area (Å²) in [6.45, 7) is 1.97. The molecule has 33 heavy (non-hydrogen) atoms. The monoisotopic (exact) mass is 443 g/mol. The Labute approximate surface area is 194 Å². The van der Waals surface area contributed by atoms with Crippen LogP contribution < -0.4 is 10.1 Å². The van der Waals surface area contributed by atoms with Gasteiger partial charge in [-0.3, -0.25) is 0 Å². The third kappa shape index (κ3) is 6.02. The summed E-state index contributed by atoms with van der Waals surface area (Å²) >= 11 is 0. The van der Waals surface area contributed by atoms with E-state index in [0.29, 0.717) is 19.8 Å². The quantitative estimate of drug-likeness (QED) is 0.233. The zero-order valence-corrected chi connectivity index (χ0v) is 18.9. The van der Waals surface area contributed by atoms with Crippen molar-refractivity contribution in [3.05, 3.63) is 90.0 Å². The zero-order valence-electron chi connectivity index (χ0n) is 18.9. The maximum absolute atomic E-state index is 12.2. The van der Waals surface area contributed by atoms with Crippen LogP contribution in [-0.2, 0) is 22.7 Å². The van der Waals surface area contributed by atoms with Crippen molar-refractivity contribution in [3.8, 4) is 5.75 Å². The minimum atomic E-state index is -0.399. The molecule has 0 aliphatic carbocycles. The van der Waals surface area contributed by atoms with Gasteiger partial charge in [-0.15, -0.1) is 0 Å². The molecule has 0 unspecified atom stereocenters. The van der Waals surface area contributed by atoms with E-state index >= 15 is 0 Å². The Bertz CT molecular complexity index is 1170. The normalized spacial score (nSPS) is 10.9. The van der Waals surface area contributed by atoms with E-state index in [1.807, 2.05) is 48.5 Å². The molecule has 0 aliphatic heterocycles. The fraction of sp³-hybridized carbons (Fsp3) is 0.250. The van der Waals surface area contributed by atoms with E-state index in [4.69, 9.17) is 14.2 Å². The molecular weight excluding hydrogens is 414 g/mol. The largest absolute Gasteiger partial charge is 0.497 e. The van der Waals surface area contributed by atoms with E-state index in [1.165, 1.54) is 0 Å². The van der Waals surface area contributed by atoms with Crippen LogP contribution >= 0.6 is 0 Å². The molecule has 1 amide bonds. The minimum absolute atomic E-state index is 0.233. The fourth-order valence-corrected chi connectivity index (χ4v) is 3.92. The molecule has 0 aliphatic rings. The van der Waals surface area contributed by atoms with E-state index in [9.17, 15) is 4.79 Å². The minimum Gasteiger partial charge on any atom is -0.497 e. The molecule has 0 heterocycles. The maximum atomic E-state index is 12.2. The molecule has 4 rings (SSSR count). The van der Waals surface area contributed by atoms with Gasteiger partial charge in [0.1, 0.15) is 12.4 Å². The van der Waals surface area contributed by atoms with Gasteiger partial charge < -0.3 is 19.5 Å². The first-order chi connectivity index (χ1) is 16.2. The van der Waals surface area contributed by atoms with Crippen molar-refractivity contribution in [3.63, 3.8) is 0 Å². The van der Waals surface area contributed by atoms with E-state index < -0.39 is 6.09 Å². The van der Waals surface area contributed by atoms with Gasteiger partial charge in [-0.1, -0.05) is 60.7 Å². The van der Waals surface area contributed by atoms with Gasteiger partial charge in [0.05, 0.1) is 13.7 Å². The molecule has 170 valence electrons. The van der Waals surface area contributed by atoms with Gasteiger partial charge >= 0.3 is 6.09 Å². The van der Waals surface area contributed by atoms with E-state index in [0.717, 1.165) is 51.3 Å². The fourth-order valence-electron chi connectivity index (χ4n) is 3.92. The number of alkyl carbamates (subject to hydrolysis) is 1. The summed E-state index contributed by atoms with van der Waals surface area (Å²) in [5, 5.41) is 7.34. The number of carbonyl (C=O) groups is 1. The van der Waals surface area contributed by atoms with E-state index in [-0.39, 0.29) is 6.61 Å². The van der Waals surface area contributed by atoms with Crippen LogP contribution in [0.25, 0.3) is 21.5 Å². The molecule has 5 heteroatoms.